The fourth-order valence-electron chi connectivity index (χ4n) is 1.66. The van der Waals surface area contributed by atoms with Crippen LogP contribution in [0.2, 0.25) is 0 Å². The number of benzene rings is 1. The summed E-state index contributed by atoms with van der Waals surface area (Å²) in [6.07, 6.45) is -4.37. The van der Waals surface area contributed by atoms with Gasteiger partial charge in [0, 0.05) is 11.8 Å². The summed E-state index contributed by atoms with van der Waals surface area (Å²) in [7, 11) is 0. The van der Waals surface area contributed by atoms with Gasteiger partial charge >= 0.3 is 12.1 Å². The van der Waals surface area contributed by atoms with Crippen LogP contribution in [0.4, 0.5) is 18.9 Å². The minimum atomic E-state index is -4.76. The zero-order chi connectivity index (χ0) is 15.6. The lowest BCUT2D eigenvalue weighted by Gasteiger charge is -2.06. The largest absolute Gasteiger partial charge is 0.477 e. The zero-order valence-corrected chi connectivity index (χ0v) is 10.3. The van der Waals surface area contributed by atoms with E-state index in [0.29, 0.717) is 22.8 Å². The Balaban J connectivity index is 2.57. The molecule has 1 aromatic heterocycles. The number of carboxylic acid groups (broad SMARTS) is 1. The second-order valence-electron chi connectivity index (χ2n) is 3.94. The van der Waals surface area contributed by atoms with Gasteiger partial charge in [0.15, 0.2) is 11.4 Å². The first-order chi connectivity index (χ1) is 9.82. The smallest absolute Gasteiger partial charge is 0.435 e. The van der Waals surface area contributed by atoms with Crippen LogP contribution in [0.25, 0.3) is 5.69 Å². The van der Waals surface area contributed by atoms with Crippen LogP contribution < -0.4 is 5.32 Å². The van der Waals surface area contributed by atoms with E-state index in [-0.39, 0.29) is 5.69 Å². The topological polar surface area (TPSA) is 84.2 Å². The molecule has 1 amide bonds. The molecule has 2 rings (SSSR count). The molecule has 0 spiro atoms. The monoisotopic (exact) mass is 299 g/mol. The minimum Gasteiger partial charge on any atom is -0.477 e. The first-order valence-corrected chi connectivity index (χ1v) is 5.54. The van der Waals surface area contributed by atoms with Gasteiger partial charge in [0.25, 0.3) is 0 Å². The Morgan fingerprint density at radius 1 is 1.33 bits per heavy atom. The highest BCUT2D eigenvalue weighted by atomic mass is 19.4. The van der Waals surface area contributed by atoms with Crippen LogP contribution in [-0.4, -0.2) is 27.3 Å². The molecule has 0 aliphatic carbocycles. The third-order valence-corrected chi connectivity index (χ3v) is 2.54. The van der Waals surface area contributed by atoms with Crippen LogP contribution in [0.15, 0.2) is 30.3 Å². The van der Waals surface area contributed by atoms with Crippen molar-refractivity contribution in [2.75, 3.05) is 5.32 Å². The average molecular weight is 299 g/mol. The Morgan fingerprint density at radius 3 is 2.62 bits per heavy atom. The van der Waals surface area contributed by atoms with Gasteiger partial charge in [0.2, 0.25) is 6.41 Å². The molecular weight excluding hydrogens is 291 g/mol. The zero-order valence-electron chi connectivity index (χ0n) is 10.3. The van der Waals surface area contributed by atoms with Crippen molar-refractivity contribution in [3.05, 3.63) is 41.7 Å². The number of carbonyl (C=O) groups excluding carboxylic acids is 1. The highest BCUT2D eigenvalue weighted by Crippen LogP contribution is 2.29. The molecule has 9 heteroatoms. The summed E-state index contributed by atoms with van der Waals surface area (Å²) in [4.78, 5) is 21.4. The molecule has 21 heavy (non-hydrogen) atoms. The summed E-state index contributed by atoms with van der Waals surface area (Å²) < 4.78 is 38.6. The summed E-state index contributed by atoms with van der Waals surface area (Å²) in [5, 5.41) is 14.6. The number of alkyl halides is 3. The molecule has 110 valence electrons. The maximum Gasteiger partial charge on any atom is 0.435 e. The van der Waals surface area contributed by atoms with Crippen molar-refractivity contribution in [3.63, 3.8) is 0 Å². The second-order valence-corrected chi connectivity index (χ2v) is 3.94. The summed E-state index contributed by atoms with van der Waals surface area (Å²) in [6.45, 7) is 0. The van der Waals surface area contributed by atoms with Crippen molar-refractivity contribution in [2.24, 2.45) is 0 Å². The molecule has 1 aromatic carbocycles. The van der Waals surface area contributed by atoms with Gasteiger partial charge in [-0.25, -0.2) is 9.48 Å². The van der Waals surface area contributed by atoms with Gasteiger partial charge < -0.3 is 10.4 Å². The number of aromatic carboxylic acids is 1. The van der Waals surface area contributed by atoms with Crippen molar-refractivity contribution < 1.29 is 27.9 Å². The maximum absolute atomic E-state index is 12.6. The number of hydrogen-bond acceptors (Lipinski definition) is 3. The summed E-state index contributed by atoms with van der Waals surface area (Å²) in [5.41, 5.74) is -1.57. The molecule has 1 heterocycles. The third-order valence-electron chi connectivity index (χ3n) is 2.54. The Kier molecular flexibility index (Phi) is 3.66. The van der Waals surface area contributed by atoms with E-state index in [4.69, 9.17) is 5.11 Å². The number of carbonyl (C=O) groups is 2. The van der Waals surface area contributed by atoms with Crippen molar-refractivity contribution in [3.8, 4) is 5.69 Å². The summed E-state index contributed by atoms with van der Waals surface area (Å²) >= 11 is 0. The van der Waals surface area contributed by atoms with Crippen LogP contribution >= 0.6 is 0 Å². The van der Waals surface area contributed by atoms with Gasteiger partial charge in [0.05, 0.1) is 5.69 Å². The van der Waals surface area contributed by atoms with Crippen molar-refractivity contribution >= 4 is 18.1 Å². The number of rotatable bonds is 4. The second kappa shape index (κ2) is 5.27. The number of hydrogen-bond donors (Lipinski definition) is 2. The molecule has 0 saturated heterocycles. The molecule has 0 atom stereocenters. The molecular formula is C12H8F3N3O3. The van der Waals surface area contributed by atoms with Crippen molar-refractivity contribution in [2.45, 2.75) is 6.18 Å². The Bertz CT molecular complexity index is 695. The molecule has 0 fully saturated rings. The highest BCUT2D eigenvalue weighted by molar-refractivity contribution is 5.86. The number of carboxylic acids is 1. The predicted octanol–water partition coefficient (Wildman–Crippen LogP) is 2.16. The van der Waals surface area contributed by atoms with Gasteiger partial charge in [-0.3, -0.25) is 4.79 Å². The number of amides is 1. The molecule has 0 radical (unpaired) electrons. The van der Waals surface area contributed by atoms with Crippen LogP contribution in [0.1, 0.15) is 16.2 Å². The fraction of sp³-hybridized carbons (Fsp3) is 0.0833. The molecule has 2 N–H and O–H groups in total. The van der Waals surface area contributed by atoms with E-state index < -0.39 is 23.5 Å². The summed E-state index contributed by atoms with van der Waals surface area (Å²) in [6, 6.07) is 6.06. The maximum atomic E-state index is 12.6. The molecule has 0 bridgehead atoms. The van der Waals surface area contributed by atoms with Gasteiger partial charge in [-0.2, -0.15) is 18.3 Å². The standard InChI is InChI=1S/C12H8F3N3O3/c13-12(14,15)10-5-9(11(20)21)18(17-10)8-3-1-2-7(4-8)16-6-19/h1-6H,(H,16,19)(H,20,21). The van der Waals surface area contributed by atoms with Gasteiger partial charge in [-0.15, -0.1) is 0 Å². The predicted molar refractivity (Wildman–Crippen MR) is 65.2 cm³/mol. The molecule has 2 aromatic rings. The Labute approximate surface area is 115 Å². The number of halogens is 3. The molecule has 0 unspecified atom stereocenters. The van der Waals surface area contributed by atoms with Crippen LogP contribution in [0.3, 0.4) is 0 Å². The van der Waals surface area contributed by atoms with Gasteiger partial charge in [0.1, 0.15) is 0 Å². The lowest BCUT2D eigenvalue weighted by atomic mass is 10.2. The molecule has 0 aliphatic rings. The number of aromatic nitrogens is 2. The van der Waals surface area contributed by atoms with E-state index in [9.17, 15) is 22.8 Å². The van der Waals surface area contributed by atoms with E-state index in [1.165, 1.54) is 24.3 Å². The molecule has 0 saturated carbocycles. The lowest BCUT2D eigenvalue weighted by molar-refractivity contribution is -0.141. The normalized spacial score (nSPS) is 11.2. The molecule has 0 aliphatic heterocycles. The van der Waals surface area contributed by atoms with Crippen molar-refractivity contribution in [1.29, 1.82) is 0 Å². The van der Waals surface area contributed by atoms with Gasteiger partial charge in [-0.05, 0) is 18.2 Å². The van der Waals surface area contributed by atoms with E-state index in [1.54, 1.807) is 0 Å². The van der Waals surface area contributed by atoms with E-state index in [0.717, 1.165) is 0 Å². The number of anilines is 1. The Morgan fingerprint density at radius 2 is 2.05 bits per heavy atom. The van der Waals surface area contributed by atoms with Crippen molar-refractivity contribution in [1.82, 2.24) is 9.78 Å². The van der Waals surface area contributed by atoms with Crippen LogP contribution in [0.5, 0.6) is 0 Å². The average Bonchev–Trinajstić information content (AvgIpc) is 2.84. The molecule has 6 nitrogen and oxygen atoms in total. The fourth-order valence-corrected chi connectivity index (χ4v) is 1.66. The van der Waals surface area contributed by atoms with E-state index in [2.05, 4.69) is 10.4 Å². The quantitative estimate of drug-likeness (QED) is 0.847. The SMILES string of the molecule is O=CNc1cccc(-n2nc(C(F)(F)F)cc2C(=O)O)c1. The number of nitrogens with one attached hydrogen (secondary N) is 1. The third kappa shape index (κ3) is 3.02. The first-order valence-electron chi connectivity index (χ1n) is 5.54. The van der Waals surface area contributed by atoms with Gasteiger partial charge in [-0.1, -0.05) is 6.07 Å². The van der Waals surface area contributed by atoms with E-state index in [1.807, 2.05) is 0 Å². The Hall–Kier alpha value is -2.84. The minimum absolute atomic E-state index is 0.0785. The van der Waals surface area contributed by atoms with Crippen LogP contribution in [0, 0.1) is 0 Å². The first kappa shape index (κ1) is 14.6. The summed E-state index contributed by atoms with van der Waals surface area (Å²) in [5.74, 6) is -1.55. The highest BCUT2D eigenvalue weighted by Gasteiger charge is 2.36. The van der Waals surface area contributed by atoms with E-state index >= 15 is 0 Å². The number of nitrogens with zero attached hydrogens (tertiary/aromatic N) is 2. The lowest BCUT2D eigenvalue weighted by Crippen LogP contribution is -2.09. The van der Waals surface area contributed by atoms with Crippen LogP contribution in [-0.2, 0) is 11.0 Å².